The summed E-state index contributed by atoms with van der Waals surface area (Å²) in [5, 5.41) is 2.84. The first-order chi connectivity index (χ1) is 13.4. The molecule has 0 spiro atoms. The van der Waals surface area contributed by atoms with Gasteiger partial charge < -0.3 is 14.5 Å². The van der Waals surface area contributed by atoms with Crippen molar-refractivity contribution in [1.29, 1.82) is 0 Å². The summed E-state index contributed by atoms with van der Waals surface area (Å²) in [4.78, 5) is 12.7. The molecule has 154 valence electrons. The Morgan fingerprint density at radius 1 is 1.32 bits per heavy atom. The van der Waals surface area contributed by atoms with Crippen molar-refractivity contribution in [3.8, 4) is 5.75 Å². The molecular formula is C19H26N2O5S2. The molecule has 1 heterocycles. The van der Waals surface area contributed by atoms with Crippen LogP contribution < -0.4 is 14.4 Å². The van der Waals surface area contributed by atoms with Crippen molar-refractivity contribution in [1.82, 2.24) is 5.32 Å². The molecule has 0 unspecified atom stereocenters. The number of hydrogen-bond donors (Lipinski definition) is 1. The first kappa shape index (κ1) is 22.2. The third kappa shape index (κ3) is 6.20. The minimum atomic E-state index is -3.66. The van der Waals surface area contributed by atoms with E-state index in [1.165, 1.54) is 7.11 Å². The first-order valence-electron chi connectivity index (χ1n) is 8.88. The lowest BCUT2D eigenvalue weighted by Gasteiger charge is -2.30. The van der Waals surface area contributed by atoms with Crippen LogP contribution in [0.5, 0.6) is 5.75 Å². The number of rotatable bonds is 11. The first-order valence-corrected chi connectivity index (χ1v) is 11.9. The molecule has 1 atom stereocenters. The van der Waals surface area contributed by atoms with Crippen LogP contribution in [0.1, 0.15) is 19.1 Å². The van der Waals surface area contributed by atoms with Gasteiger partial charge in [-0.25, -0.2) is 8.42 Å². The van der Waals surface area contributed by atoms with E-state index in [0.717, 1.165) is 22.1 Å². The van der Waals surface area contributed by atoms with Crippen LogP contribution >= 0.6 is 11.8 Å². The second kappa shape index (κ2) is 10.4. The third-order valence-electron chi connectivity index (χ3n) is 4.01. The molecular weight excluding hydrogens is 400 g/mol. The number of nitrogens with one attached hydrogen (secondary N) is 1. The van der Waals surface area contributed by atoms with Crippen LogP contribution in [0.15, 0.2) is 47.1 Å². The summed E-state index contributed by atoms with van der Waals surface area (Å²) in [7, 11) is -2.16. The van der Waals surface area contributed by atoms with Gasteiger partial charge in [0, 0.05) is 18.4 Å². The maximum absolute atomic E-state index is 12.7. The number of carbonyl (C=O) groups is 1. The average Bonchev–Trinajstić information content (AvgIpc) is 3.18. The molecule has 0 radical (unpaired) electrons. The highest BCUT2D eigenvalue weighted by Crippen LogP contribution is 2.26. The summed E-state index contributed by atoms with van der Waals surface area (Å²) in [6.45, 7) is 2.23. The van der Waals surface area contributed by atoms with Gasteiger partial charge in [-0.15, -0.1) is 0 Å². The molecule has 1 N–H and O–H groups in total. The predicted molar refractivity (Wildman–Crippen MR) is 112 cm³/mol. The van der Waals surface area contributed by atoms with Crippen LogP contribution in [0.25, 0.3) is 0 Å². The van der Waals surface area contributed by atoms with Gasteiger partial charge in [0.2, 0.25) is 15.9 Å². The Hall–Kier alpha value is -2.13. The van der Waals surface area contributed by atoms with Gasteiger partial charge >= 0.3 is 0 Å². The van der Waals surface area contributed by atoms with E-state index in [9.17, 15) is 13.2 Å². The second-order valence-corrected chi connectivity index (χ2v) is 9.07. The molecule has 2 rings (SSSR count). The summed E-state index contributed by atoms with van der Waals surface area (Å²) in [5.74, 6) is 2.49. The summed E-state index contributed by atoms with van der Waals surface area (Å²) in [6.07, 6.45) is 3.07. The molecule has 0 aliphatic rings. The molecule has 2 aromatic rings. The molecule has 1 amide bonds. The highest BCUT2D eigenvalue weighted by molar-refractivity contribution is 7.98. The summed E-state index contributed by atoms with van der Waals surface area (Å²) < 4.78 is 36.5. The van der Waals surface area contributed by atoms with Crippen molar-refractivity contribution in [2.45, 2.75) is 25.1 Å². The SMILES string of the molecule is CC[C@@H](C(=O)NCCSCc1ccco1)N(c1cccc(OC)c1)S(C)(=O)=O. The van der Waals surface area contributed by atoms with E-state index in [1.807, 2.05) is 12.1 Å². The van der Waals surface area contributed by atoms with Crippen molar-refractivity contribution in [2.75, 3.05) is 30.0 Å². The molecule has 0 bridgehead atoms. The van der Waals surface area contributed by atoms with Crippen molar-refractivity contribution >= 4 is 33.4 Å². The van der Waals surface area contributed by atoms with Crippen molar-refractivity contribution < 1.29 is 22.4 Å². The molecule has 1 aromatic carbocycles. The standard InChI is InChI=1S/C19H26N2O5S2/c1-4-18(19(22)20-10-12-27-14-17-9-6-11-26-17)21(28(3,23)24)15-7-5-8-16(13-15)25-2/h5-9,11,13,18H,4,10,12,14H2,1-3H3,(H,20,22)/t18-/m0/s1. The Kier molecular flexibility index (Phi) is 8.25. The number of hydrogen-bond acceptors (Lipinski definition) is 6. The van der Waals surface area contributed by atoms with Crippen LogP contribution in [0.4, 0.5) is 5.69 Å². The lowest BCUT2D eigenvalue weighted by atomic mass is 10.2. The number of amides is 1. The molecule has 7 nitrogen and oxygen atoms in total. The van der Waals surface area contributed by atoms with E-state index in [2.05, 4.69) is 5.32 Å². The quantitative estimate of drug-likeness (QED) is 0.556. The largest absolute Gasteiger partial charge is 0.497 e. The fraction of sp³-hybridized carbons (Fsp3) is 0.421. The number of carbonyl (C=O) groups excluding carboxylic acids is 1. The monoisotopic (exact) mass is 426 g/mol. The van der Waals surface area contributed by atoms with Gasteiger partial charge in [0.05, 0.1) is 31.1 Å². The van der Waals surface area contributed by atoms with E-state index in [0.29, 0.717) is 30.2 Å². The van der Waals surface area contributed by atoms with E-state index in [1.54, 1.807) is 49.2 Å². The maximum atomic E-state index is 12.7. The number of nitrogens with zero attached hydrogens (tertiary/aromatic N) is 1. The van der Waals surface area contributed by atoms with Crippen LogP contribution in [0.2, 0.25) is 0 Å². The van der Waals surface area contributed by atoms with Gasteiger partial charge in [0.15, 0.2) is 0 Å². The minimum absolute atomic E-state index is 0.325. The Morgan fingerprint density at radius 3 is 2.71 bits per heavy atom. The third-order valence-corrected chi connectivity index (χ3v) is 6.17. The van der Waals surface area contributed by atoms with Gasteiger partial charge in [-0.1, -0.05) is 13.0 Å². The van der Waals surface area contributed by atoms with Crippen LogP contribution in [-0.4, -0.2) is 46.0 Å². The number of thioether (sulfide) groups is 1. The molecule has 0 aliphatic heterocycles. The summed E-state index contributed by atoms with van der Waals surface area (Å²) in [5.41, 5.74) is 0.399. The highest BCUT2D eigenvalue weighted by atomic mass is 32.2. The van der Waals surface area contributed by atoms with E-state index < -0.39 is 16.1 Å². The Bertz CT molecular complexity index is 853. The Labute approximate surface area is 170 Å². The number of ether oxygens (including phenoxy) is 1. The second-order valence-electron chi connectivity index (χ2n) is 6.11. The van der Waals surface area contributed by atoms with Gasteiger partial charge in [0.25, 0.3) is 0 Å². The number of anilines is 1. The van der Waals surface area contributed by atoms with Crippen molar-refractivity contribution in [3.63, 3.8) is 0 Å². The average molecular weight is 427 g/mol. The fourth-order valence-electron chi connectivity index (χ4n) is 2.74. The molecule has 0 aliphatic carbocycles. The summed E-state index contributed by atoms with van der Waals surface area (Å²) >= 11 is 1.63. The number of sulfonamides is 1. The lowest BCUT2D eigenvalue weighted by molar-refractivity contribution is -0.122. The normalized spacial score (nSPS) is 12.4. The van der Waals surface area contributed by atoms with Gasteiger partial charge in [-0.2, -0.15) is 11.8 Å². The topological polar surface area (TPSA) is 88.8 Å². The van der Waals surface area contributed by atoms with E-state index in [-0.39, 0.29) is 5.91 Å². The molecule has 9 heteroatoms. The number of methoxy groups -OCH3 is 1. The minimum Gasteiger partial charge on any atom is -0.497 e. The zero-order chi connectivity index (χ0) is 20.6. The van der Waals surface area contributed by atoms with Gasteiger partial charge in [0.1, 0.15) is 17.6 Å². The predicted octanol–water partition coefficient (Wildman–Crippen LogP) is 2.88. The molecule has 0 saturated carbocycles. The highest BCUT2D eigenvalue weighted by Gasteiger charge is 2.31. The molecule has 28 heavy (non-hydrogen) atoms. The van der Waals surface area contributed by atoms with Gasteiger partial charge in [-0.3, -0.25) is 9.10 Å². The van der Waals surface area contributed by atoms with Crippen LogP contribution in [0, 0.1) is 0 Å². The summed E-state index contributed by atoms with van der Waals surface area (Å²) in [6, 6.07) is 9.58. The number of furan rings is 1. The maximum Gasteiger partial charge on any atom is 0.243 e. The molecule has 0 saturated heterocycles. The number of benzene rings is 1. The molecule has 0 fully saturated rings. The Morgan fingerprint density at radius 2 is 2.11 bits per heavy atom. The zero-order valence-corrected chi connectivity index (χ0v) is 17.9. The van der Waals surface area contributed by atoms with Crippen LogP contribution in [0.3, 0.4) is 0 Å². The lowest BCUT2D eigenvalue weighted by Crippen LogP contribution is -2.49. The van der Waals surface area contributed by atoms with Crippen molar-refractivity contribution in [3.05, 3.63) is 48.4 Å². The Balaban J connectivity index is 2.02. The fourth-order valence-corrected chi connectivity index (χ4v) is 4.70. The van der Waals surface area contributed by atoms with E-state index >= 15 is 0 Å². The molecule has 1 aromatic heterocycles. The van der Waals surface area contributed by atoms with Gasteiger partial charge in [-0.05, 0) is 30.7 Å². The van der Waals surface area contributed by atoms with E-state index in [4.69, 9.17) is 9.15 Å². The van der Waals surface area contributed by atoms with Crippen LogP contribution in [-0.2, 0) is 20.6 Å². The van der Waals surface area contributed by atoms with Crippen molar-refractivity contribution in [2.24, 2.45) is 0 Å². The smallest absolute Gasteiger partial charge is 0.243 e. The zero-order valence-electron chi connectivity index (χ0n) is 16.3.